The van der Waals surface area contributed by atoms with Crippen LogP contribution < -0.4 is 0 Å². The number of hydrogen-bond donors (Lipinski definition) is 0. The van der Waals surface area contributed by atoms with E-state index in [0.29, 0.717) is 0 Å². The van der Waals surface area contributed by atoms with Crippen molar-refractivity contribution in [2.75, 3.05) is 6.61 Å². The lowest BCUT2D eigenvalue weighted by Crippen LogP contribution is -1.99. The molecule has 1 atom stereocenters. The Morgan fingerprint density at radius 1 is 1.22 bits per heavy atom. The van der Waals surface area contributed by atoms with Crippen LogP contribution in [0.4, 0.5) is 0 Å². The van der Waals surface area contributed by atoms with Gasteiger partial charge in [-0.15, -0.1) is 0 Å². The van der Waals surface area contributed by atoms with Gasteiger partial charge in [0.25, 0.3) is 0 Å². The van der Waals surface area contributed by atoms with Crippen molar-refractivity contribution in [3.63, 3.8) is 0 Å². The molecule has 1 aliphatic heterocycles. The maximum atomic E-state index is 5.49. The lowest BCUT2D eigenvalue weighted by atomic mass is 10.1. The normalized spacial score (nSPS) is 18.4. The first-order valence-corrected chi connectivity index (χ1v) is 7.10. The van der Waals surface area contributed by atoms with Gasteiger partial charge in [-0.3, -0.25) is 0 Å². The second kappa shape index (κ2) is 7.24. The molecular weight excluding hydrogens is 220 g/mol. The highest BCUT2D eigenvalue weighted by atomic mass is 16.5. The maximum Gasteiger partial charge on any atom is 0.118 e. The Bertz CT molecular complexity index is 401. The predicted molar refractivity (Wildman–Crippen MR) is 75.5 cm³/mol. The maximum absolute atomic E-state index is 5.49. The van der Waals surface area contributed by atoms with Gasteiger partial charge >= 0.3 is 0 Å². The summed E-state index contributed by atoms with van der Waals surface area (Å²) in [6, 6.07) is 8.66. The molecule has 1 heterocycles. The first kappa shape index (κ1) is 13.2. The van der Waals surface area contributed by atoms with Crippen LogP contribution in [0.2, 0.25) is 0 Å². The van der Waals surface area contributed by atoms with Crippen LogP contribution in [0.1, 0.15) is 50.2 Å². The molecule has 96 valence electrons. The zero-order chi connectivity index (χ0) is 12.6. The van der Waals surface area contributed by atoms with Crippen molar-refractivity contribution in [2.24, 2.45) is 0 Å². The second-order valence-electron chi connectivity index (χ2n) is 4.93. The molecule has 0 aromatic heterocycles. The third kappa shape index (κ3) is 4.20. The molecule has 1 aromatic carbocycles. The number of aryl methyl sites for hydroxylation is 1. The van der Waals surface area contributed by atoms with Gasteiger partial charge in [-0.2, -0.15) is 0 Å². The molecule has 1 heteroatoms. The van der Waals surface area contributed by atoms with Gasteiger partial charge in [0, 0.05) is 12.2 Å². The Balaban J connectivity index is 1.86. The Morgan fingerprint density at radius 2 is 2.06 bits per heavy atom. The highest BCUT2D eigenvalue weighted by Crippen LogP contribution is 2.11. The molecule has 0 saturated carbocycles. The average molecular weight is 242 g/mol. The summed E-state index contributed by atoms with van der Waals surface area (Å²) in [5.74, 6) is 6.40. The lowest BCUT2D eigenvalue weighted by molar-refractivity contribution is 0.152. The van der Waals surface area contributed by atoms with E-state index in [9.17, 15) is 0 Å². The summed E-state index contributed by atoms with van der Waals surface area (Å²) in [7, 11) is 0. The Kier molecular flexibility index (Phi) is 5.30. The minimum Gasteiger partial charge on any atom is -0.366 e. The van der Waals surface area contributed by atoms with Crippen LogP contribution in [0.5, 0.6) is 0 Å². The van der Waals surface area contributed by atoms with E-state index in [4.69, 9.17) is 4.74 Å². The summed E-state index contributed by atoms with van der Waals surface area (Å²) < 4.78 is 5.49. The highest BCUT2D eigenvalue weighted by molar-refractivity contribution is 5.37. The van der Waals surface area contributed by atoms with Crippen molar-refractivity contribution in [1.29, 1.82) is 0 Å². The molecule has 1 aromatic rings. The van der Waals surface area contributed by atoms with Gasteiger partial charge in [0.2, 0.25) is 0 Å². The van der Waals surface area contributed by atoms with E-state index in [2.05, 4.69) is 43.0 Å². The SMILES string of the molecule is CCCCCc1ccc(C#CC2CCCO2)cc1. The van der Waals surface area contributed by atoms with E-state index < -0.39 is 0 Å². The quantitative estimate of drug-likeness (QED) is 0.574. The number of ether oxygens (including phenoxy) is 1. The van der Waals surface area contributed by atoms with Crippen molar-refractivity contribution in [1.82, 2.24) is 0 Å². The second-order valence-corrected chi connectivity index (χ2v) is 4.93. The van der Waals surface area contributed by atoms with E-state index in [-0.39, 0.29) is 6.10 Å². The first-order chi connectivity index (χ1) is 8.88. The monoisotopic (exact) mass is 242 g/mol. The van der Waals surface area contributed by atoms with Crippen molar-refractivity contribution in [3.05, 3.63) is 35.4 Å². The largest absolute Gasteiger partial charge is 0.366 e. The Morgan fingerprint density at radius 3 is 2.72 bits per heavy atom. The minimum atomic E-state index is 0.161. The van der Waals surface area contributed by atoms with Gasteiger partial charge in [0.1, 0.15) is 6.10 Å². The summed E-state index contributed by atoms with van der Waals surface area (Å²) in [5.41, 5.74) is 2.52. The average Bonchev–Trinajstić information content (AvgIpc) is 2.91. The van der Waals surface area contributed by atoms with Crippen LogP contribution in [-0.4, -0.2) is 12.7 Å². The van der Waals surface area contributed by atoms with Crippen LogP contribution in [-0.2, 0) is 11.2 Å². The van der Waals surface area contributed by atoms with Gasteiger partial charge in [-0.1, -0.05) is 43.7 Å². The number of unbranched alkanes of at least 4 members (excludes halogenated alkanes) is 2. The molecule has 0 N–H and O–H groups in total. The minimum absolute atomic E-state index is 0.161. The van der Waals surface area contributed by atoms with Crippen molar-refractivity contribution in [2.45, 2.75) is 51.6 Å². The fraction of sp³-hybridized carbons (Fsp3) is 0.529. The molecule has 2 rings (SSSR count). The standard InChI is InChI=1S/C17H22O/c1-2-3-4-6-15-8-10-16(11-9-15)12-13-17-7-5-14-18-17/h8-11,17H,2-7,14H2,1H3. The molecule has 0 spiro atoms. The molecule has 18 heavy (non-hydrogen) atoms. The third-order valence-corrected chi connectivity index (χ3v) is 3.33. The van der Waals surface area contributed by atoms with Crippen LogP contribution in [0.15, 0.2) is 24.3 Å². The van der Waals surface area contributed by atoms with E-state index in [0.717, 1.165) is 25.0 Å². The van der Waals surface area contributed by atoms with E-state index in [1.54, 1.807) is 0 Å². The third-order valence-electron chi connectivity index (χ3n) is 3.33. The fourth-order valence-corrected chi connectivity index (χ4v) is 2.19. The van der Waals surface area contributed by atoms with Gasteiger partial charge in [0.15, 0.2) is 0 Å². The predicted octanol–water partition coefficient (Wildman–Crippen LogP) is 3.95. The van der Waals surface area contributed by atoms with E-state index in [1.807, 2.05) is 0 Å². The molecule has 0 aliphatic carbocycles. The van der Waals surface area contributed by atoms with Crippen molar-refractivity contribution < 1.29 is 4.74 Å². The van der Waals surface area contributed by atoms with Crippen LogP contribution in [0.3, 0.4) is 0 Å². The zero-order valence-electron chi connectivity index (χ0n) is 11.2. The summed E-state index contributed by atoms with van der Waals surface area (Å²) in [6.45, 7) is 3.11. The van der Waals surface area contributed by atoms with Crippen LogP contribution >= 0.6 is 0 Å². The number of hydrogen-bond acceptors (Lipinski definition) is 1. The van der Waals surface area contributed by atoms with Crippen LogP contribution in [0.25, 0.3) is 0 Å². The first-order valence-electron chi connectivity index (χ1n) is 7.10. The van der Waals surface area contributed by atoms with Gasteiger partial charge in [-0.05, 0) is 43.4 Å². The van der Waals surface area contributed by atoms with Crippen molar-refractivity contribution in [3.8, 4) is 11.8 Å². The fourth-order valence-electron chi connectivity index (χ4n) is 2.19. The van der Waals surface area contributed by atoms with Crippen molar-refractivity contribution >= 4 is 0 Å². The Labute approximate surface area is 111 Å². The Hall–Kier alpha value is -1.26. The lowest BCUT2D eigenvalue weighted by Gasteiger charge is -2.01. The topological polar surface area (TPSA) is 9.23 Å². The number of benzene rings is 1. The summed E-state index contributed by atoms with van der Waals surface area (Å²) >= 11 is 0. The smallest absolute Gasteiger partial charge is 0.118 e. The molecule has 1 unspecified atom stereocenters. The number of rotatable bonds is 4. The van der Waals surface area contributed by atoms with Gasteiger partial charge in [-0.25, -0.2) is 0 Å². The van der Waals surface area contributed by atoms with Crippen LogP contribution in [0, 0.1) is 11.8 Å². The molecule has 1 nitrogen and oxygen atoms in total. The van der Waals surface area contributed by atoms with E-state index in [1.165, 1.54) is 31.2 Å². The van der Waals surface area contributed by atoms with Gasteiger partial charge in [0.05, 0.1) is 0 Å². The molecule has 1 fully saturated rings. The molecular formula is C17H22O. The highest BCUT2D eigenvalue weighted by Gasteiger charge is 2.11. The molecule has 0 bridgehead atoms. The van der Waals surface area contributed by atoms with Gasteiger partial charge < -0.3 is 4.74 Å². The van der Waals surface area contributed by atoms with E-state index >= 15 is 0 Å². The molecule has 1 aliphatic rings. The molecule has 0 amide bonds. The zero-order valence-corrected chi connectivity index (χ0v) is 11.2. The molecule has 0 radical (unpaired) electrons. The summed E-state index contributed by atoms with van der Waals surface area (Å²) in [6.07, 6.45) is 7.47. The summed E-state index contributed by atoms with van der Waals surface area (Å²) in [5, 5.41) is 0. The molecule has 1 saturated heterocycles. The summed E-state index contributed by atoms with van der Waals surface area (Å²) in [4.78, 5) is 0.